The van der Waals surface area contributed by atoms with Crippen molar-refractivity contribution in [3.63, 3.8) is 0 Å². The van der Waals surface area contributed by atoms with Crippen molar-refractivity contribution in [2.24, 2.45) is 5.92 Å². The molecule has 1 aliphatic rings. The zero-order valence-electron chi connectivity index (χ0n) is 19.3. The fourth-order valence-electron chi connectivity index (χ4n) is 3.79. The van der Waals surface area contributed by atoms with Gasteiger partial charge in [0.2, 0.25) is 0 Å². The number of nitriles is 1. The average Bonchev–Trinajstić information content (AvgIpc) is 3.02. The number of imide groups is 1. The van der Waals surface area contributed by atoms with Gasteiger partial charge in [0.1, 0.15) is 6.61 Å². The van der Waals surface area contributed by atoms with E-state index in [4.69, 9.17) is 10.00 Å². The Morgan fingerprint density at radius 1 is 1.17 bits per heavy atom. The summed E-state index contributed by atoms with van der Waals surface area (Å²) in [5, 5.41) is 9.06. The van der Waals surface area contributed by atoms with Crippen molar-refractivity contribution in [1.29, 1.82) is 5.26 Å². The van der Waals surface area contributed by atoms with Crippen LogP contribution < -0.4 is 10.6 Å². The van der Waals surface area contributed by atoms with Gasteiger partial charge in [-0.25, -0.2) is 14.5 Å². The van der Waals surface area contributed by atoms with Crippen molar-refractivity contribution >= 4 is 23.6 Å². The molecule has 0 saturated carbocycles. The van der Waals surface area contributed by atoms with Gasteiger partial charge in [0, 0.05) is 13.0 Å². The number of carbonyl (C=O) groups is 3. The van der Waals surface area contributed by atoms with Gasteiger partial charge in [-0.05, 0) is 23.8 Å². The Kier molecular flexibility index (Phi) is 6.89. The van der Waals surface area contributed by atoms with Gasteiger partial charge >= 0.3 is 18.2 Å². The van der Waals surface area contributed by atoms with E-state index in [1.807, 2.05) is 0 Å². The number of urea groups is 1. The van der Waals surface area contributed by atoms with E-state index in [0.29, 0.717) is 16.5 Å². The third kappa shape index (κ3) is 4.44. The van der Waals surface area contributed by atoms with E-state index in [0.717, 1.165) is 17.0 Å². The molecule has 3 rings (SSSR count). The number of nitrogens with zero attached hydrogens (tertiary/aromatic N) is 3. The minimum absolute atomic E-state index is 0.148. The van der Waals surface area contributed by atoms with Crippen molar-refractivity contribution in [1.82, 2.24) is 4.90 Å². The van der Waals surface area contributed by atoms with Crippen LogP contribution in [0.1, 0.15) is 30.5 Å². The molecule has 2 aromatic carbocycles. The third-order valence-electron chi connectivity index (χ3n) is 6.08. The van der Waals surface area contributed by atoms with Crippen LogP contribution in [-0.2, 0) is 26.0 Å². The molecular formula is C24H24F3N4O4+. The van der Waals surface area contributed by atoms with E-state index in [2.05, 4.69) is 5.73 Å². The van der Waals surface area contributed by atoms with E-state index in [-0.39, 0.29) is 11.6 Å². The van der Waals surface area contributed by atoms with Crippen LogP contribution in [0.3, 0.4) is 0 Å². The predicted molar refractivity (Wildman–Crippen MR) is 117 cm³/mol. The number of likely N-dealkylation sites (N-methyl/N-ethyl adjacent to an activating group) is 1. The van der Waals surface area contributed by atoms with Crippen LogP contribution >= 0.6 is 0 Å². The molecule has 35 heavy (non-hydrogen) atoms. The SMILES string of the molecule is CC(C)[C@H]([NH3+])C(=O)OCC1(c2ccccc2)C(=O)N(c2ccc(C#N)c(C(F)(F)F)c2)C(=O)N1C. The number of halogens is 3. The van der Waals surface area contributed by atoms with Crippen molar-refractivity contribution in [3.05, 3.63) is 65.2 Å². The minimum atomic E-state index is -4.88. The Hall–Kier alpha value is -3.91. The van der Waals surface area contributed by atoms with Gasteiger partial charge in [-0.2, -0.15) is 18.4 Å². The number of rotatable bonds is 6. The molecule has 3 amide bonds. The second kappa shape index (κ2) is 9.38. The number of ether oxygens (including phenoxy) is 1. The van der Waals surface area contributed by atoms with Crippen LogP contribution in [-0.4, -0.2) is 42.5 Å². The number of carbonyl (C=O) groups excluding carboxylic acids is 3. The maximum atomic E-state index is 13.8. The number of quaternary nitrogens is 1. The molecule has 0 radical (unpaired) electrons. The predicted octanol–water partition coefficient (Wildman–Crippen LogP) is 2.68. The average molecular weight is 489 g/mol. The molecule has 8 nitrogen and oxygen atoms in total. The molecular weight excluding hydrogens is 465 g/mol. The molecule has 1 unspecified atom stereocenters. The molecule has 2 aromatic rings. The van der Waals surface area contributed by atoms with Crippen LogP contribution in [0.25, 0.3) is 0 Å². The summed E-state index contributed by atoms with van der Waals surface area (Å²) in [6.45, 7) is 2.98. The van der Waals surface area contributed by atoms with E-state index in [1.165, 1.54) is 13.1 Å². The lowest BCUT2D eigenvalue weighted by Gasteiger charge is -2.32. The van der Waals surface area contributed by atoms with Gasteiger partial charge in [-0.3, -0.25) is 4.79 Å². The summed E-state index contributed by atoms with van der Waals surface area (Å²) in [5.41, 5.74) is -0.0363. The molecule has 0 bridgehead atoms. The third-order valence-corrected chi connectivity index (χ3v) is 6.08. The normalized spacial score (nSPS) is 19.2. The van der Waals surface area contributed by atoms with Crippen molar-refractivity contribution in [2.75, 3.05) is 18.6 Å². The lowest BCUT2D eigenvalue weighted by atomic mass is 9.89. The van der Waals surface area contributed by atoms with Crippen LogP contribution in [0, 0.1) is 17.2 Å². The van der Waals surface area contributed by atoms with Crippen molar-refractivity contribution in [3.8, 4) is 6.07 Å². The first-order valence-corrected chi connectivity index (χ1v) is 10.6. The monoisotopic (exact) mass is 489 g/mol. The number of alkyl halides is 3. The summed E-state index contributed by atoms with van der Waals surface area (Å²) in [6.07, 6.45) is -4.88. The first kappa shape index (κ1) is 25.7. The van der Waals surface area contributed by atoms with Gasteiger partial charge in [-0.1, -0.05) is 44.2 Å². The highest BCUT2D eigenvalue weighted by Crippen LogP contribution is 2.41. The Balaban J connectivity index is 2.11. The topological polar surface area (TPSA) is 118 Å². The van der Waals surface area contributed by atoms with Crippen LogP contribution in [0.15, 0.2) is 48.5 Å². The smallest absolute Gasteiger partial charge is 0.417 e. The summed E-state index contributed by atoms with van der Waals surface area (Å²) < 4.78 is 46.0. The fourth-order valence-corrected chi connectivity index (χ4v) is 3.79. The summed E-state index contributed by atoms with van der Waals surface area (Å²) in [7, 11) is 1.31. The van der Waals surface area contributed by atoms with Crippen LogP contribution in [0.2, 0.25) is 0 Å². The second-order valence-electron chi connectivity index (χ2n) is 8.51. The molecule has 0 aromatic heterocycles. The van der Waals surface area contributed by atoms with Gasteiger partial charge in [0.05, 0.1) is 22.9 Å². The van der Waals surface area contributed by atoms with E-state index >= 15 is 0 Å². The van der Waals surface area contributed by atoms with E-state index in [1.54, 1.807) is 44.2 Å². The molecule has 1 aliphatic heterocycles. The highest BCUT2D eigenvalue weighted by molar-refractivity contribution is 6.23. The fraction of sp³-hybridized carbons (Fsp3) is 0.333. The number of esters is 1. The van der Waals surface area contributed by atoms with Gasteiger partial charge in [0.15, 0.2) is 11.6 Å². The van der Waals surface area contributed by atoms with Gasteiger partial charge < -0.3 is 15.4 Å². The number of amides is 3. The number of anilines is 1. The van der Waals surface area contributed by atoms with Crippen molar-refractivity contribution < 1.29 is 38.0 Å². The Morgan fingerprint density at radius 2 is 1.80 bits per heavy atom. The summed E-state index contributed by atoms with van der Waals surface area (Å²) in [5.74, 6) is -1.73. The molecule has 0 aliphatic carbocycles. The second-order valence-corrected chi connectivity index (χ2v) is 8.51. The van der Waals surface area contributed by atoms with E-state index < -0.39 is 53.4 Å². The summed E-state index contributed by atoms with van der Waals surface area (Å²) in [6, 6.07) is 10.4. The zero-order chi connectivity index (χ0) is 26.1. The largest absolute Gasteiger partial charge is 0.458 e. The van der Waals surface area contributed by atoms with E-state index in [9.17, 15) is 27.6 Å². The standard InChI is InChI=1S/C24H23F3N4O4/c1-14(2)19(29)20(32)35-13-23(16-7-5-4-6-8-16)21(33)31(22(34)30(23)3)17-10-9-15(12-28)18(11-17)24(25,26)27/h4-11,14,19H,13,29H2,1-3H3/p+1/t19-,23?/m0/s1. The summed E-state index contributed by atoms with van der Waals surface area (Å²) >= 11 is 0. The van der Waals surface area contributed by atoms with Gasteiger partial charge in [-0.15, -0.1) is 0 Å². The highest BCUT2D eigenvalue weighted by atomic mass is 19.4. The lowest BCUT2D eigenvalue weighted by molar-refractivity contribution is -0.418. The van der Waals surface area contributed by atoms with Crippen LogP contribution in [0.5, 0.6) is 0 Å². The zero-order valence-corrected chi connectivity index (χ0v) is 19.3. The number of hydrogen-bond acceptors (Lipinski definition) is 5. The molecule has 0 spiro atoms. The molecule has 1 heterocycles. The molecule has 11 heteroatoms. The number of hydrogen-bond donors (Lipinski definition) is 1. The maximum Gasteiger partial charge on any atom is 0.417 e. The Morgan fingerprint density at radius 3 is 2.34 bits per heavy atom. The molecule has 1 fully saturated rings. The molecule has 3 N–H and O–H groups in total. The van der Waals surface area contributed by atoms with Gasteiger partial charge in [0.25, 0.3) is 5.91 Å². The Bertz CT molecular complexity index is 1190. The maximum absolute atomic E-state index is 13.8. The first-order valence-electron chi connectivity index (χ1n) is 10.6. The Labute approximate surface area is 199 Å². The van der Waals surface area contributed by atoms with Crippen LogP contribution in [0.4, 0.5) is 23.7 Å². The summed E-state index contributed by atoms with van der Waals surface area (Å²) in [4.78, 5) is 41.2. The minimum Gasteiger partial charge on any atom is -0.458 e. The lowest BCUT2D eigenvalue weighted by Crippen LogP contribution is -2.68. The first-order chi connectivity index (χ1) is 16.4. The quantitative estimate of drug-likeness (QED) is 0.495. The molecule has 2 atom stereocenters. The molecule has 1 saturated heterocycles. The highest BCUT2D eigenvalue weighted by Gasteiger charge is 2.58. The molecule has 184 valence electrons. The van der Waals surface area contributed by atoms with Crippen molar-refractivity contribution in [2.45, 2.75) is 31.6 Å². The number of benzene rings is 2.